The number of carbonyl (C=O) groups is 1. The predicted octanol–water partition coefficient (Wildman–Crippen LogP) is 3.28. The van der Waals surface area contributed by atoms with E-state index in [2.05, 4.69) is 10.5 Å². The van der Waals surface area contributed by atoms with Gasteiger partial charge in [-0.1, -0.05) is 36.4 Å². The lowest BCUT2D eigenvalue weighted by atomic mass is 10.1. The Hall–Kier alpha value is -3.34. The fourth-order valence-corrected chi connectivity index (χ4v) is 2.43. The first-order valence-corrected chi connectivity index (χ1v) is 7.47. The molecule has 1 amide bonds. The number of hydrogen-bond donors (Lipinski definition) is 3. The Bertz CT molecular complexity index is 948. The van der Waals surface area contributed by atoms with E-state index < -0.39 is 5.91 Å². The van der Waals surface area contributed by atoms with Gasteiger partial charge < -0.3 is 10.8 Å². The third-order valence-electron chi connectivity index (χ3n) is 3.74. The van der Waals surface area contributed by atoms with Crippen molar-refractivity contribution in [3.8, 4) is 5.75 Å². The Morgan fingerprint density at radius 2 is 1.75 bits per heavy atom. The van der Waals surface area contributed by atoms with Gasteiger partial charge in [-0.3, -0.25) is 4.79 Å². The number of nitrogens with zero attached hydrogens (tertiary/aromatic N) is 1. The summed E-state index contributed by atoms with van der Waals surface area (Å²) in [5.41, 5.74) is 10.5. The van der Waals surface area contributed by atoms with Crippen molar-refractivity contribution >= 4 is 28.1 Å². The molecule has 0 aliphatic carbocycles. The number of carbonyl (C=O) groups excluding carboxylic acids is 1. The van der Waals surface area contributed by atoms with Crippen LogP contribution in [0.4, 0.5) is 5.69 Å². The van der Waals surface area contributed by atoms with Gasteiger partial charge in [0.05, 0.1) is 11.3 Å². The SMILES string of the molecule is C/C(=N\NC(=O)c1cc2ccccc2cc1O)c1cccc(N)c1. The molecule has 3 rings (SSSR count). The van der Waals surface area contributed by atoms with Gasteiger partial charge in [0.25, 0.3) is 5.91 Å². The van der Waals surface area contributed by atoms with Crippen molar-refractivity contribution in [2.24, 2.45) is 5.10 Å². The number of nitrogens with two attached hydrogens (primary N) is 1. The summed E-state index contributed by atoms with van der Waals surface area (Å²) >= 11 is 0. The van der Waals surface area contributed by atoms with Crippen LogP contribution in [-0.2, 0) is 0 Å². The van der Waals surface area contributed by atoms with Crippen LogP contribution in [0.15, 0.2) is 65.8 Å². The Labute approximate surface area is 139 Å². The van der Waals surface area contributed by atoms with Gasteiger partial charge in [-0.2, -0.15) is 5.10 Å². The fraction of sp³-hybridized carbons (Fsp3) is 0.0526. The highest BCUT2D eigenvalue weighted by atomic mass is 16.3. The van der Waals surface area contributed by atoms with Gasteiger partial charge in [0.15, 0.2) is 0 Å². The summed E-state index contributed by atoms with van der Waals surface area (Å²) in [6, 6.07) is 18.0. The first-order valence-electron chi connectivity index (χ1n) is 7.47. The molecule has 0 aromatic heterocycles. The normalized spacial score (nSPS) is 11.5. The van der Waals surface area contributed by atoms with Crippen molar-refractivity contribution in [3.63, 3.8) is 0 Å². The molecule has 0 aliphatic rings. The Balaban J connectivity index is 1.84. The van der Waals surface area contributed by atoms with Crippen LogP contribution in [0.25, 0.3) is 10.8 Å². The molecule has 120 valence electrons. The molecule has 0 aliphatic heterocycles. The highest BCUT2D eigenvalue weighted by molar-refractivity contribution is 6.03. The zero-order valence-corrected chi connectivity index (χ0v) is 13.2. The number of rotatable bonds is 3. The summed E-state index contributed by atoms with van der Waals surface area (Å²) in [5, 5.41) is 15.9. The second kappa shape index (κ2) is 6.42. The van der Waals surface area contributed by atoms with Gasteiger partial charge in [0.1, 0.15) is 5.75 Å². The van der Waals surface area contributed by atoms with Crippen molar-refractivity contribution in [1.82, 2.24) is 5.43 Å². The van der Waals surface area contributed by atoms with Crippen molar-refractivity contribution < 1.29 is 9.90 Å². The molecule has 24 heavy (non-hydrogen) atoms. The fourth-order valence-electron chi connectivity index (χ4n) is 2.43. The molecule has 0 fully saturated rings. The standard InChI is InChI=1S/C19H17N3O2/c1-12(13-7-4-8-16(20)9-13)21-22-19(24)17-10-14-5-2-3-6-15(14)11-18(17)23/h2-11,23H,20H2,1H3,(H,22,24)/b21-12+. The van der Waals surface area contributed by atoms with E-state index in [0.717, 1.165) is 16.3 Å². The predicted molar refractivity (Wildman–Crippen MR) is 96.1 cm³/mol. The van der Waals surface area contributed by atoms with Gasteiger partial charge in [0, 0.05) is 5.69 Å². The maximum atomic E-state index is 12.3. The summed E-state index contributed by atoms with van der Waals surface area (Å²) in [4.78, 5) is 12.3. The number of anilines is 1. The summed E-state index contributed by atoms with van der Waals surface area (Å²) in [5.74, 6) is -0.551. The van der Waals surface area contributed by atoms with Crippen LogP contribution >= 0.6 is 0 Å². The average Bonchev–Trinajstić information content (AvgIpc) is 2.58. The monoisotopic (exact) mass is 319 g/mol. The summed E-state index contributed by atoms with van der Waals surface area (Å²) in [6.07, 6.45) is 0. The van der Waals surface area contributed by atoms with Crippen LogP contribution in [-0.4, -0.2) is 16.7 Å². The molecular weight excluding hydrogens is 302 g/mol. The minimum Gasteiger partial charge on any atom is -0.507 e. The second-order valence-corrected chi connectivity index (χ2v) is 5.48. The van der Waals surface area contributed by atoms with Crippen LogP contribution in [0, 0.1) is 0 Å². The zero-order chi connectivity index (χ0) is 17.1. The summed E-state index contributed by atoms with van der Waals surface area (Å²) < 4.78 is 0. The van der Waals surface area contributed by atoms with Crippen LogP contribution in [0.1, 0.15) is 22.8 Å². The highest BCUT2D eigenvalue weighted by Crippen LogP contribution is 2.24. The number of benzene rings is 3. The minimum atomic E-state index is -0.471. The molecule has 0 saturated heterocycles. The van der Waals surface area contributed by atoms with E-state index in [1.807, 2.05) is 36.4 Å². The minimum absolute atomic E-state index is 0.0805. The maximum Gasteiger partial charge on any atom is 0.275 e. The molecule has 0 radical (unpaired) electrons. The molecule has 0 heterocycles. The number of fused-ring (bicyclic) bond motifs is 1. The third kappa shape index (κ3) is 3.20. The molecule has 3 aromatic carbocycles. The number of nitrogens with one attached hydrogen (secondary N) is 1. The topological polar surface area (TPSA) is 87.7 Å². The van der Waals surface area contributed by atoms with E-state index in [-0.39, 0.29) is 11.3 Å². The van der Waals surface area contributed by atoms with Gasteiger partial charge in [-0.15, -0.1) is 0 Å². The zero-order valence-electron chi connectivity index (χ0n) is 13.2. The number of hydrogen-bond acceptors (Lipinski definition) is 4. The average molecular weight is 319 g/mol. The number of phenols is 1. The van der Waals surface area contributed by atoms with Crippen LogP contribution in [0.3, 0.4) is 0 Å². The molecule has 5 heteroatoms. The molecule has 3 aromatic rings. The smallest absolute Gasteiger partial charge is 0.275 e. The first kappa shape index (κ1) is 15.6. The molecule has 0 spiro atoms. The lowest BCUT2D eigenvalue weighted by Gasteiger charge is -2.07. The highest BCUT2D eigenvalue weighted by Gasteiger charge is 2.12. The van der Waals surface area contributed by atoms with E-state index in [0.29, 0.717) is 11.4 Å². The summed E-state index contributed by atoms with van der Waals surface area (Å²) in [6.45, 7) is 1.77. The van der Waals surface area contributed by atoms with Crippen molar-refractivity contribution in [2.75, 3.05) is 5.73 Å². The quantitative estimate of drug-likeness (QED) is 0.393. The summed E-state index contributed by atoms with van der Waals surface area (Å²) in [7, 11) is 0. The van der Waals surface area contributed by atoms with E-state index in [1.165, 1.54) is 0 Å². The van der Waals surface area contributed by atoms with Crippen molar-refractivity contribution in [1.29, 1.82) is 0 Å². The molecule has 0 atom stereocenters. The number of aromatic hydroxyl groups is 1. The maximum absolute atomic E-state index is 12.3. The largest absolute Gasteiger partial charge is 0.507 e. The van der Waals surface area contributed by atoms with E-state index in [1.54, 1.807) is 31.2 Å². The Kier molecular flexibility index (Phi) is 4.16. The molecular formula is C19H17N3O2. The molecule has 4 N–H and O–H groups in total. The number of amides is 1. The van der Waals surface area contributed by atoms with Gasteiger partial charge in [0.2, 0.25) is 0 Å². The van der Waals surface area contributed by atoms with E-state index in [4.69, 9.17) is 5.73 Å². The number of nitrogen functional groups attached to an aromatic ring is 1. The van der Waals surface area contributed by atoms with Crippen molar-refractivity contribution in [2.45, 2.75) is 6.92 Å². The third-order valence-corrected chi connectivity index (χ3v) is 3.74. The Morgan fingerprint density at radius 1 is 1.04 bits per heavy atom. The van der Waals surface area contributed by atoms with E-state index >= 15 is 0 Å². The number of hydrazone groups is 1. The molecule has 0 saturated carbocycles. The lowest BCUT2D eigenvalue weighted by molar-refractivity contribution is 0.0952. The van der Waals surface area contributed by atoms with Gasteiger partial charge in [-0.25, -0.2) is 5.43 Å². The molecule has 0 bridgehead atoms. The van der Waals surface area contributed by atoms with Crippen molar-refractivity contribution in [3.05, 3.63) is 71.8 Å². The lowest BCUT2D eigenvalue weighted by Crippen LogP contribution is -2.19. The van der Waals surface area contributed by atoms with Crippen LogP contribution in [0.5, 0.6) is 5.75 Å². The van der Waals surface area contributed by atoms with Crippen LogP contribution in [0.2, 0.25) is 0 Å². The molecule has 0 unspecified atom stereocenters. The van der Waals surface area contributed by atoms with Gasteiger partial charge >= 0.3 is 0 Å². The first-order chi connectivity index (χ1) is 11.5. The second-order valence-electron chi connectivity index (χ2n) is 5.48. The molecule has 5 nitrogen and oxygen atoms in total. The van der Waals surface area contributed by atoms with Crippen LogP contribution < -0.4 is 11.2 Å². The number of phenolic OH excluding ortho intramolecular Hbond substituents is 1. The Morgan fingerprint density at radius 3 is 2.46 bits per heavy atom. The van der Waals surface area contributed by atoms with Gasteiger partial charge in [-0.05, 0) is 47.5 Å². The van der Waals surface area contributed by atoms with E-state index in [9.17, 15) is 9.90 Å².